The summed E-state index contributed by atoms with van der Waals surface area (Å²) in [5, 5.41) is 20.1. The molecule has 1 fully saturated rings. The first-order valence-corrected chi connectivity index (χ1v) is 17.0. The highest BCUT2D eigenvalue weighted by molar-refractivity contribution is 7.18. The number of pyridine rings is 1. The zero-order valence-corrected chi connectivity index (χ0v) is 28.7. The molecule has 5 aromatic rings. The fraction of sp³-hybridized carbons (Fsp3) is 0.235. The summed E-state index contributed by atoms with van der Waals surface area (Å²) in [4.78, 5) is 31.8. The molecule has 1 amide bonds. The fourth-order valence-corrected chi connectivity index (χ4v) is 7.30. The average Bonchev–Trinajstić information content (AvgIpc) is 3.67. The Bertz CT molecular complexity index is 2010. The third-order valence-corrected chi connectivity index (χ3v) is 9.71. The van der Waals surface area contributed by atoms with Crippen LogP contribution in [-0.4, -0.2) is 53.2 Å². The van der Waals surface area contributed by atoms with Crippen LogP contribution < -0.4 is 25.4 Å². The van der Waals surface area contributed by atoms with Gasteiger partial charge in [-0.2, -0.15) is 0 Å². The number of aliphatic carboxylic acids is 1. The van der Waals surface area contributed by atoms with Crippen molar-refractivity contribution in [2.45, 2.75) is 32.0 Å². The molecule has 248 valence electrons. The second-order valence-corrected chi connectivity index (χ2v) is 13.3. The molecule has 48 heavy (non-hydrogen) atoms. The third kappa shape index (κ3) is 7.67. The Morgan fingerprint density at radius 1 is 0.979 bits per heavy atom. The van der Waals surface area contributed by atoms with Crippen molar-refractivity contribution in [3.05, 3.63) is 86.3 Å². The highest BCUT2D eigenvalue weighted by Crippen LogP contribution is 2.44. The molecule has 0 bridgehead atoms. The van der Waals surface area contributed by atoms with Gasteiger partial charge in [0.2, 0.25) is 11.8 Å². The summed E-state index contributed by atoms with van der Waals surface area (Å²) in [7, 11) is 1.58. The smallest absolute Gasteiger partial charge is 0.317 e. The molecule has 0 spiro atoms. The summed E-state index contributed by atoms with van der Waals surface area (Å²) in [6.07, 6.45) is 1.38. The van der Waals surface area contributed by atoms with Crippen LogP contribution in [-0.2, 0) is 22.7 Å². The predicted octanol–water partition coefficient (Wildman–Crippen LogP) is 7.33. The molecule has 1 aliphatic heterocycles. The Hall–Kier alpha value is -3.97. The van der Waals surface area contributed by atoms with Gasteiger partial charge in [-0.25, -0.2) is 9.97 Å². The molecule has 4 N–H and O–H groups in total. The monoisotopic (exact) mass is 725 g/mol. The molecule has 14 heteroatoms. The molecule has 1 aliphatic rings. The van der Waals surface area contributed by atoms with Crippen molar-refractivity contribution in [1.29, 1.82) is 0 Å². The first kappa shape index (κ1) is 33.9. The molecule has 0 aliphatic carbocycles. The number of thiazole rings is 1. The number of carboxylic acid groups (broad SMARTS) is 1. The minimum Gasteiger partial charge on any atom is -0.481 e. The van der Waals surface area contributed by atoms with E-state index in [1.165, 1.54) is 11.3 Å². The van der Waals surface area contributed by atoms with Crippen molar-refractivity contribution in [1.82, 2.24) is 25.9 Å². The number of carbonyl (C=O) groups excluding carboxylic acids is 1. The summed E-state index contributed by atoms with van der Waals surface area (Å²) in [5.41, 5.74) is 4.14. The molecule has 2 aromatic heterocycles. The number of benzene rings is 3. The predicted molar refractivity (Wildman–Crippen MR) is 189 cm³/mol. The lowest BCUT2D eigenvalue weighted by molar-refractivity contribution is -0.136. The van der Waals surface area contributed by atoms with Crippen LogP contribution in [0.1, 0.15) is 23.4 Å². The van der Waals surface area contributed by atoms with Crippen molar-refractivity contribution in [2.75, 3.05) is 20.2 Å². The van der Waals surface area contributed by atoms with E-state index in [2.05, 4.69) is 20.9 Å². The molecule has 0 saturated carbocycles. The van der Waals surface area contributed by atoms with Crippen LogP contribution in [0.2, 0.25) is 15.1 Å². The lowest BCUT2D eigenvalue weighted by atomic mass is 10.0. The molecule has 3 heterocycles. The highest BCUT2D eigenvalue weighted by atomic mass is 35.5. The second-order valence-electron chi connectivity index (χ2n) is 11.0. The Morgan fingerprint density at radius 3 is 2.50 bits per heavy atom. The van der Waals surface area contributed by atoms with Crippen LogP contribution in [0.5, 0.6) is 17.4 Å². The van der Waals surface area contributed by atoms with Crippen LogP contribution in [0.4, 0.5) is 0 Å². The van der Waals surface area contributed by atoms with Crippen molar-refractivity contribution in [3.8, 4) is 39.8 Å². The summed E-state index contributed by atoms with van der Waals surface area (Å²) < 4.78 is 12.7. The number of methoxy groups -OCH3 is 1. The van der Waals surface area contributed by atoms with E-state index in [0.717, 1.165) is 16.7 Å². The maximum Gasteiger partial charge on any atom is 0.317 e. The number of ether oxygens (including phenoxy) is 2. The van der Waals surface area contributed by atoms with Gasteiger partial charge < -0.3 is 30.5 Å². The quantitative estimate of drug-likeness (QED) is 0.0984. The molecule has 1 saturated heterocycles. The van der Waals surface area contributed by atoms with Crippen molar-refractivity contribution < 1.29 is 24.2 Å². The maximum absolute atomic E-state index is 11.5. The molecular weight excluding hydrogens is 697 g/mol. The number of hydrogen-bond acceptors (Lipinski definition) is 9. The average molecular weight is 727 g/mol. The van der Waals surface area contributed by atoms with Crippen LogP contribution in [0, 0.1) is 0 Å². The van der Waals surface area contributed by atoms with E-state index in [-0.39, 0.29) is 25.0 Å². The zero-order valence-electron chi connectivity index (χ0n) is 25.6. The largest absolute Gasteiger partial charge is 0.481 e. The molecule has 10 nitrogen and oxygen atoms in total. The van der Waals surface area contributed by atoms with Crippen LogP contribution >= 0.6 is 46.1 Å². The fourth-order valence-electron chi connectivity index (χ4n) is 5.44. The Labute approximate surface area is 295 Å². The van der Waals surface area contributed by atoms with Crippen molar-refractivity contribution in [2.24, 2.45) is 0 Å². The number of fused-ring (bicyclic) bond motifs is 1. The van der Waals surface area contributed by atoms with Gasteiger partial charge in [0.05, 0.1) is 34.1 Å². The van der Waals surface area contributed by atoms with Crippen molar-refractivity contribution in [3.63, 3.8) is 0 Å². The third-order valence-electron chi connectivity index (χ3n) is 7.69. The van der Waals surface area contributed by atoms with Crippen LogP contribution in [0.25, 0.3) is 32.6 Å². The van der Waals surface area contributed by atoms with Gasteiger partial charge in [-0.1, -0.05) is 71.2 Å². The van der Waals surface area contributed by atoms with E-state index < -0.39 is 5.97 Å². The zero-order chi connectivity index (χ0) is 33.8. The van der Waals surface area contributed by atoms with E-state index in [0.29, 0.717) is 84.9 Å². The summed E-state index contributed by atoms with van der Waals surface area (Å²) in [6.45, 7) is 1.30. The van der Waals surface area contributed by atoms with E-state index in [1.54, 1.807) is 25.3 Å². The number of nitrogens with one attached hydrogen (secondary N) is 3. The lowest BCUT2D eigenvalue weighted by Gasteiger charge is -2.16. The molecular formula is C34H30Cl3N5O5S. The van der Waals surface area contributed by atoms with Gasteiger partial charge in [0, 0.05) is 65.4 Å². The number of carbonyl (C=O) groups is 2. The van der Waals surface area contributed by atoms with E-state index in [9.17, 15) is 9.59 Å². The van der Waals surface area contributed by atoms with E-state index in [1.807, 2.05) is 42.5 Å². The minimum absolute atomic E-state index is 0.0857. The van der Waals surface area contributed by atoms with Crippen molar-refractivity contribution >= 4 is 68.2 Å². The number of nitrogens with zero attached hydrogens (tertiary/aromatic N) is 2. The summed E-state index contributed by atoms with van der Waals surface area (Å²) in [5.74, 6) is 0.403. The molecule has 3 aromatic carbocycles. The van der Waals surface area contributed by atoms with E-state index in [4.69, 9.17) is 54.4 Å². The first-order valence-electron chi connectivity index (χ1n) is 15.0. The standard InChI is InChI=1S/C34H30Cl3N5O5S/c1-46-34-18(14-38-15-20-9-11-28(43)40-20)8-10-24(41-34)23-6-2-4-21(31(23)36)22-5-3-7-25(32(22)37)47-26-12-19(35)13-27-33(26)42-29(48-27)16-39-17-30(44)45/h2-8,10,12-13,20,38-39H,9,11,14-17H2,1H3,(H,40,43)(H,44,45)/t20-/m1/s1. The molecule has 1 atom stereocenters. The SMILES string of the molecule is COc1nc(-c2cccc(-c3cccc(Oc4cc(Cl)cc5sc(CNCC(=O)O)nc45)c3Cl)c2Cl)ccc1CNC[C@H]1CCC(=O)N1. The maximum atomic E-state index is 11.5. The Morgan fingerprint density at radius 2 is 1.75 bits per heavy atom. The first-order chi connectivity index (χ1) is 23.2. The van der Waals surface area contributed by atoms with Crippen LogP contribution in [0.15, 0.2) is 60.7 Å². The number of halogens is 3. The van der Waals surface area contributed by atoms with E-state index >= 15 is 0 Å². The van der Waals surface area contributed by atoms with Gasteiger partial charge in [0.15, 0.2) is 5.75 Å². The van der Waals surface area contributed by atoms with Gasteiger partial charge in [-0.05, 0) is 24.6 Å². The van der Waals surface area contributed by atoms with Gasteiger partial charge >= 0.3 is 5.97 Å². The lowest BCUT2D eigenvalue weighted by Crippen LogP contribution is -2.35. The Kier molecular flexibility index (Phi) is 10.6. The van der Waals surface area contributed by atoms with Crippen LogP contribution in [0.3, 0.4) is 0 Å². The van der Waals surface area contributed by atoms with Gasteiger partial charge in [0.1, 0.15) is 16.3 Å². The van der Waals surface area contributed by atoms with Gasteiger partial charge in [-0.15, -0.1) is 11.3 Å². The topological polar surface area (TPSA) is 135 Å². The molecule has 0 unspecified atom stereocenters. The number of carboxylic acids is 1. The van der Waals surface area contributed by atoms with Gasteiger partial charge in [0.25, 0.3) is 0 Å². The minimum atomic E-state index is -0.950. The number of rotatable bonds is 13. The number of hydrogen-bond donors (Lipinski definition) is 4. The van der Waals surface area contributed by atoms with Gasteiger partial charge in [-0.3, -0.25) is 9.59 Å². The normalized spacial score (nSPS) is 14.3. The molecule has 6 rings (SSSR count). The highest BCUT2D eigenvalue weighted by Gasteiger charge is 2.21. The molecule has 0 radical (unpaired) electrons. The second kappa shape index (κ2) is 15.1. The number of aromatic nitrogens is 2. The summed E-state index contributed by atoms with van der Waals surface area (Å²) in [6, 6.07) is 18.5. The number of amides is 1. The Balaban J connectivity index is 1.24. The summed E-state index contributed by atoms with van der Waals surface area (Å²) >= 11 is 21.8.